The number of hydrogen-bond donors (Lipinski definition) is 1. The van der Waals surface area contributed by atoms with Crippen molar-refractivity contribution in [1.82, 2.24) is 4.90 Å². The highest BCUT2D eigenvalue weighted by Crippen LogP contribution is 2.40. The summed E-state index contributed by atoms with van der Waals surface area (Å²) in [5.41, 5.74) is 1.32. The number of halogens is 2. The first-order valence-corrected chi connectivity index (χ1v) is 9.47. The van der Waals surface area contributed by atoms with Crippen LogP contribution in [0.3, 0.4) is 0 Å². The molecule has 4 rings (SSSR count). The predicted octanol–water partition coefficient (Wildman–Crippen LogP) is 1.76. The minimum atomic E-state index is -0.274. The highest BCUT2D eigenvalue weighted by Gasteiger charge is 2.28. The molecule has 0 aliphatic carbocycles. The van der Waals surface area contributed by atoms with E-state index in [9.17, 15) is 9.18 Å². The SMILES string of the molecule is COc1ccc(F)cc1C[NH+]1CCN(C(=O)c2cc(Cl)c3c(c2)OCO3)CC1. The van der Waals surface area contributed by atoms with Gasteiger partial charge in [-0.25, -0.2) is 4.39 Å². The van der Waals surface area contributed by atoms with Gasteiger partial charge in [-0.15, -0.1) is 0 Å². The van der Waals surface area contributed by atoms with Crippen molar-refractivity contribution in [1.29, 1.82) is 0 Å². The lowest BCUT2D eigenvalue weighted by molar-refractivity contribution is -0.917. The Bertz CT molecular complexity index is 900. The lowest BCUT2D eigenvalue weighted by atomic mass is 10.1. The number of methoxy groups -OCH3 is 1. The van der Waals surface area contributed by atoms with Gasteiger partial charge in [0.25, 0.3) is 5.91 Å². The zero-order valence-corrected chi connectivity index (χ0v) is 16.2. The summed E-state index contributed by atoms with van der Waals surface area (Å²) < 4.78 is 29.5. The van der Waals surface area contributed by atoms with E-state index < -0.39 is 0 Å². The van der Waals surface area contributed by atoms with Crippen molar-refractivity contribution >= 4 is 17.5 Å². The van der Waals surface area contributed by atoms with E-state index in [1.807, 2.05) is 0 Å². The van der Waals surface area contributed by atoms with Crippen molar-refractivity contribution in [2.24, 2.45) is 0 Å². The number of rotatable bonds is 4. The number of carbonyl (C=O) groups is 1. The summed E-state index contributed by atoms with van der Waals surface area (Å²) in [7, 11) is 1.58. The van der Waals surface area contributed by atoms with Gasteiger partial charge in [-0.3, -0.25) is 4.79 Å². The maximum Gasteiger partial charge on any atom is 0.254 e. The first kappa shape index (κ1) is 18.8. The first-order chi connectivity index (χ1) is 13.5. The van der Waals surface area contributed by atoms with Gasteiger partial charge < -0.3 is 24.0 Å². The van der Waals surface area contributed by atoms with Gasteiger partial charge in [0.1, 0.15) is 18.1 Å². The average Bonchev–Trinajstić information content (AvgIpc) is 3.17. The minimum absolute atomic E-state index is 0.0809. The van der Waals surface area contributed by atoms with E-state index in [2.05, 4.69) is 0 Å². The second-order valence-corrected chi connectivity index (χ2v) is 7.27. The number of piperazine rings is 1. The molecule has 148 valence electrons. The lowest BCUT2D eigenvalue weighted by Crippen LogP contribution is -3.13. The smallest absolute Gasteiger partial charge is 0.254 e. The summed E-state index contributed by atoms with van der Waals surface area (Å²) in [5, 5.41) is 0.376. The van der Waals surface area contributed by atoms with E-state index in [-0.39, 0.29) is 18.5 Å². The highest BCUT2D eigenvalue weighted by atomic mass is 35.5. The number of benzene rings is 2. The topological polar surface area (TPSA) is 52.4 Å². The van der Waals surface area contributed by atoms with E-state index >= 15 is 0 Å². The van der Waals surface area contributed by atoms with Crippen LogP contribution in [0.1, 0.15) is 15.9 Å². The number of nitrogens with zero attached hydrogens (tertiary/aromatic N) is 1. The largest absolute Gasteiger partial charge is 0.496 e. The Morgan fingerprint density at radius 2 is 2.04 bits per heavy atom. The molecule has 2 aromatic rings. The van der Waals surface area contributed by atoms with Crippen LogP contribution in [-0.2, 0) is 6.54 Å². The van der Waals surface area contributed by atoms with Crippen molar-refractivity contribution in [3.8, 4) is 17.2 Å². The summed E-state index contributed by atoms with van der Waals surface area (Å²) in [4.78, 5) is 15.9. The second kappa shape index (κ2) is 7.85. The minimum Gasteiger partial charge on any atom is -0.496 e. The van der Waals surface area contributed by atoms with Gasteiger partial charge >= 0.3 is 0 Å². The van der Waals surface area contributed by atoms with E-state index in [0.29, 0.717) is 47.5 Å². The summed E-state index contributed by atoms with van der Waals surface area (Å²) in [6, 6.07) is 7.84. The van der Waals surface area contributed by atoms with Crippen LogP contribution in [0.2, 0.25) is 5.02 Å². The number of hydrogen-bond acceptors (Lipinski definition) is 4. The number of amides is 1. The lowest BCUT2D eigenvalue weighted by Gasteiger charge is -2.32. The third kappa shape index (κ3) is 3.72. The zero-order chi connectivity index (χ0) is 19.7. The highest BCUT2D eigenvalue weighted by molar-refractivity contribution is 6.32. The number of carbonyl (C=O) groups excluding carboxylic acids is 1. The standard InChI is InChI=1S/C20H20ClFN2O4/c1-26-17-3-2-15(22)8-14(17)11-23-4-6-24(7-5-23)20(25)13-9-16(21)19-18(10-13)27-12-28-19/h2-3,8-10H,4-7,11-12H2,1H3/p+1. The predicted molar refractivity (Wildman–Crippen MR) is 101 cm³/mol. The van der Waals surface area contributed by atoms with Gasteiger partial charge in [0, 0.05) is 5.56 Å². The Kier molecular flexibility index (Phi) is 5.28. The molecule has 0 spiro atoms. The van der Waals surface area contributed by atoms with Crippen LogP contribution in [0, 0.1) is 5.82 Å². The molecule has 1 N–H and O–H groups in total. The van der Waals surface area contributed by atoms with Gasteiger partial charge in [0.15, 0.2) is 11.5 Å². The Hall–Kier alpha value is -2.51. The summed E-state index contributed by atoms with van der Waals surface area (Å²) in [6.07, 6.45) is 0. The Morgan fingerprint density at radius 3 is 2.79 bits per heavy atom. The molecule has 28 heavy (non-hydrogen) atoms. The van der Waals surface area contributed by atoms with Crippen molar-refractivity contribution in [2.75, 3.05) is 40.1 Å². The fourth-order valence-electron chi connectivity index (χ4n) is 3.63. The molecule has 0 aromatic heterocycles. The number of quaternary nitrogens is 1. The molecule has 1 saturated heterocycles. The molecule has 0 bridgehead atoms. The summed E-state index contributed by atoms with van der Waals surface area (Å²) in [5.74, 6) is 1.31. The van der Waals surface area contributed by atoms with Crippen molar-refractivity contribution < 1.29 is 28.3 Å². The van der Waals surface area contributed by atoms with Crippen LogP contribution in [0.5, 0.6) is 17.2 Å². The molecule has 2 aliphatic heterocycles. The number of ether oxygens (including phenoxy) is 3. The maximum atomic E-state index is 13.6. The molecule has 0 atom stereocenters. The second-order valence-electron chi connectivity index (χ2n) is 6.87. The molecular formula is C20H21ClFN2O4+. The molecular weight excluding hydrogens is 387 g/mol. The third-order valence-corrected chi connectivity index (χ3v) is 5.40. The van der Waals surface area contributed by atoms with Crippen LogP contribution < -0.4 is 19.1 Å². The summed E-state index contributed by atoms with van der Waals surface area (Å²) in [6.45, 7) is 3.51. The molecule has 0 saturated carbocycles. The Labute approximate surface area is 167 Å². The van der Waals surface area contributed by atoms with Gasteiger partial charge in [0.2, 0.25) is 6.79 Å². The Balaban J connectivity index is 1.40. The van der Waals surface area contributed by atoms with Crippen molar-refractivity contribution in [2.45, 2.75) is 6.54 Å². The number of nitrogens with one attached hydrogen (secondary N) is 1. The normalized spacial score (nSPS) is 16.3. The Morgan fingerprint density at radius 1 is 1.25 bits per heavy atom. The quantitative estimate of drug-likeness (QED) is 0.839. The van der Waals surface area contributed by atoms with E-state index in [1.165, 1.54) is 17.0 Å². The molecule has 2 aromatic carbocycles. The van der Waals surface area contributed by atoms with Crippen LogP contribution in [-0.4, -0.2) is 50.9 Å². The van der Waals surface area contributed by atoms with E-state index in [1.54, 1.807) is 30.2 Å². The fraction of sp³-hybridized carbons (Fsp3) is 0.350. The molecule has 2 aliphatic rings. The van der Waals surface area contributed by atoms with Crippen LogP contribution in [0.15, 0.2) is 30.3 Å². The first-order valence-electron chi connectivity index (χ1n) is 9.09. The molecule has 1 fully saturated rings. The summed E-state index contributed by atoms with van der Waals surface area (Å²) >= 11 is 6.19. The van der Waals surface area contributed by atoms with E-state index in [0.717, 1.165) is 18.7 Å². The molecule has 0 radical (unpaired) electrons. The maximum absolute atomic E-state index is 13.6. The third-order valence-electron chi connectivity index (χ3n) is 5.11. The molecule has 0 unspecified atom stereocenters. The van der Waals surface area contributed by atoms with Crippen molar-refractivity contribution in [3.05, 3.63) is 52.3 Å². The van der Waals surface area contributed by atoms with Crippen molar-refractivity contribution in [3.63, 3.8) is 0 Å². The molecule has 1 amide bonds. The number of fused-ring (bicyclic) bond motifs is 1. The molecule has 2 heterocycles. The van der Waals surface area contributed by atoms with Crippen LogP contribution in [0.4, 0.5) is 4.39 Å². The van der Waals surface area contributed by atoms with Gasteiger partial charge in [-0.2, -0.15) is 0 Å². The van der Waals surface area contributed by atoms with Gasteiger partial charge in [-0.1, -0.05) is 11.6 Å². The van der Waals surface area contributed by atoms with Gasteiger partial charge in [0.05, 0.1) is 43.9 Å². The zero-order valence-electron chi connectivity index (χ0n) is 15.5. The molecule has 6 nitrogen and oxygen atoms in total. The fourth-order valence-corrected chi connectivity index (χ4v) is 3.90. The monoisotopic (exact) mass is 407 g/mol. The van der Waals surface area contributed by atoms with Crippen LogP contribution in [0.25, 0.3) is 0 Å². The molecule has 8 heteroatoms. The van der Waals surface area contributed by atoms with E-state index in [4.69, 9.17) is 25.8 Å². The average molecular weight is 408 g/mol. The van der Waals surface area contributed by atoms with Crippen LogP contribution >= 0.6 is 11.6 Å². The van der Waals surface area contributed by atoms with Gasteiger partial charge in [-0.05, 0) is 30.3 Å².